The number of nitrogens with zero attached hydrogens (tertiary/aromatic N) is 1. The van der Waals surface area contributed by atoms with Crippen molar-refractivity contribution in [3.05, 3.63) is 55.1 Å². The van der Waals surface area contributed by atoms with Crippen LogP contribution in [0.5, 0.6) is 0 Å². The van der Waals surface area contributed by atoms with Gasteiger partial charge in [-0.15, -0.1) is 0 Å². The highest BCUT2D eigenvalue weighted by Crippen LogP contribution is 2.30. The second-order valence-corrected chi connectivity index (χ2v) is 4.69. The summed E-state index contributed by atoms with van der Waals surface area (Å²) < 4.78 is 2.28. The summed E-state index contributed by atoms with van der Waals surface area (Å²) in [6.45, 7) is 6.53. The summed E-state index contributed by atoms with van der Waals surface area (Å²) in [5.74, 6) is -0.191. The molecule has 20 heavy (non-hydrogen) atoms. The fourth-order valence-electron chi connectivity index (χ4n) is 2.67. The molecule has 0 spiro atoms. The normalized spacial score (nSPS) is 10.8. The van der Waals surface area contributed by atoms with Crippen LogP contribution in [0.1, 0.15) is 6.92 Å². The Hall–Kier alpha value is -2.55. The third-order valence-corrected chi connectivity index (χ3v) is 3.54. The van der Waals surface area contributed by atoms with E-state index in [0.717, 1.165) is 17.6 Å². The number of anilines is 1. The molecule has 0 atom stereocenters. The molecule has 0 radical (unpaired) electrons. The van der Waals surface area contributed by atoms with Gasteiger partial charge in [-0.1, -0.05) is 24.8 Å². The highest BCUT2D eigenvalue weighted by atomic mass is 16.1. The molecule has 0 fully saturated rings. The van der Waals surface area contributed by atoms with Crippen LogP contribution in [0.25, 0.3) is 21.8 Å². The molecule has 1 N–H and O–H groups in total. The Morgan fingerprint density at radius 1 is 1.20 bits per heavy atom. The summed E-state index contributed by atoms with van der Waals surface area (Å²) in [5, 5.41) is 5.17. The Balaban J connectivity index is 2.25. The van der Waals surface area contributed by atoms with Crippen LogP contribution < -0.4 is 5.32 Å². The second kappa shape index (κ2) is 4.85. The van der Waals surface area contributed by atoms with Gasteiger partial charge in [0.15, 0.2) is 0 Å². The van der Waals surface area contributed by atoms with Crippen LogP contribution in [0, 0.1) is 0 Å². The van der Waals surface area contributed by atoms with Gasteiger partial charge in [0.1, 0.15) is 0 Å². The van der Waals surface area contributed by atoms with Gasteiger partial charge in [-0.05, 0) is 37.3 Å². The summed E-state index contributed by atoms with van der Waals surface area (Å²) in [6, 6.07) is 14.3. The van der Waals surface area contributed by atoms with E-state index in [-0.39, 0.29) is 5.91 Å². The number of carbonyl (C=O) groups excluding carboxylic acids is 1. The van der Waals surface area contributed by atoms with Crippen LogP contribution in [0.2, 0.25) is 0 Å². The first-order valence-corrected chi connectivity index (χ1v) is 6.69. The van der Waals surface area contributed by atoms with Crippen molar-refractivity contribution in [2.75, 3.05) is 5.32 Å². The maximum atomic E-state index is 11.4. The van der Waals surface area contributed by atoms with Crippen molar-refractivity contribution >= 4 is 33.4 Å². The first-order chi connectivity index (χ1) is 9.74. The van der Waals surface area contributed by atoms with Crippen LogP contribution >= 0.6 is 0 Å². The van der Waals surface area contributed by atoms with E-state index in [1.54, 1.807) is 0 Å². The fourth-order valence-corrected chi connectivity index (χ4v) is 2.67. The molecule has 0 unspecified atom stereocenters. The number of carbonyl (C=O) groups is 1. The second-order valence-electron chi connectivity index (χ2n) is 4.69. The molecule has 0 saturated carbocycles. The van der Waals surface area contributed by atoms with Crippen molar-refractivity contribution < 1.29 is 4.79 Å². The predicted octanol–water partition coefficient (Wildman–Crippen LogP) is 3.94. The minimum absolute atomic E-state index is 0.191. The number of benzene rings is 2. The maximum absolute atomic E-state index is 11.4. The standard InChI is InChI=1S/C17H16N2O/c1-3-17(20)18-12-9-10-16-14(11-12)13-7-5-6-8-15(13)19(16)4-2/h3,5-11H,1,4H2,2H3,(H,18,20). The van der Waals surface area contributed by atoms with E-state index in [1.807, 2.05) is 24.3 Å². The molecule has 0 aliphatic carbocycles. The fraction of sp³-hybridized carbons (Fsp3) is 0.118. The number of nitrogens with one attached hydrogen (secondary N) is 1. The Morgan fingerprint density at radius 2 is 1.95 bits per heavy atom. The third kappa shape index (κ3) is 1.88. The minimum Gasteiger partial charge on any atom is -0.341 e. The lowest BCUT2D eigenvalue weighted by Gasteiger charge is -2.04. The van der Waals surface area contributed by atoms with E-state index < -0.39 is 0 Å². The number of hydrogen-bond donors (Lipinski definition) is 1. The van der Waals surface area contributed by atoms with Crippen molar-refractivity contribution in [3.63, 3.8) is 0 Å². The minimum atomic E-state index is -0.191. The van der Waals surface area contributed by atoms with Crippen molar-refractivity contribution in [1.29, 1.82) is 0 Å². The lowest BCUT2D eigenvalue weighted by molar-refractivity contribution is -0.111. The number of para-hydroxylation sites is 1. The Bertz CT molecular complexity index is 814. The lowest BCUT2D eigenvalue weighted by atomic mass is 10.1. The van der Waals surface area contributed by atoms with Gasteiger partial charge in [-0.3, -0.25) is 4.79 Å². The highest BCUT2D eigenvalue weighted by molar-refractivity contribution is 6.10. The SMILES string of the molecule is C=CC(=O)Nc1ccc2c(c1)c1ccccc1n2CC. The molecule has 3 rings (SSSR count). The smallest absolute Gasteiger partial charge is 0.247 e. The van der Waals surface area contributed by atoms with Crippen LogP contribution in [0.3, 0.4) is 0 Å². The molecule has 3 aromatic rings. The summed E-state index contributed by atoms with van der Waals surface area (Å²) in [4.78, 5) is 11.4. The van der Waals surface area contributed by atoms with Crippen molar-refractivity contribution in [3.8, 4) is 0 Å². The van der Waals surface area contributed by atoms with E-state index in [2.05, 4.69) is 41.6 Å². The summed E-state index contributed by atoms with van der Waals surface area (Å²) in [7, 11) is 0. The summed E-state index contributed by atoms with van der Waals surface area (Å²) in [6.07, 6.45) is 1.28. The van der Waals surface area contributed by atoms with Gasteiger partial charge in [0.2, 0.25) is 5.91 Å². The highest BCUT2D eigenvalue weighted by Gasteiger charge is 2.09. The van der Waals surface area contributed by atoms with Gasteiger partial charge in [0.25, 0.3) is 0 Å². The predicted molar refractivity (Wildman–Crippen MR) is 83.9 cm³/mol. The van der Waals surface area contributed by atoms with Crippen LogP contribution in [-0.4, -0.2) is 10.5 Å². The summed E-state index contributed by atoms with van der Waals surface area (Å²) in [5.41, 5.74) is 3.20. The quantitative estimate of drug-likeness (QED) is 0.714. The number of amides is 1. The third-order valence-electron chi connectivity index (χ3n) is 3.54. The number of aromatic nitrogens is 1. The number of hydrogen-bond acceptors (Lipinski definition) is 1. The molecule has 1 aromatic heterocycles. The van der Waals surface area contributed by atoms with E-state index >= 15 is 0 Å². The molecule has 1 heterocycles. The first kappa shape index (κ1) is 12.5. The molecule has 3 heteroatoms. The molecule has 100 valence electrons. The Morgan fingerprint density at radius 3 is 2.70 bits per heavy atom. The van der Waals surface area contributed by atoms with E-state index in [9.17, 15) is 4.79 Å². The van der Waals surface area contributed by atoms with Gasteiger partial charge in [0.05, 0.1) is 0 Å². The van der Waals surface area contributed by atoms with Gasteiger partial charge in [0, 0.05) is 34.0 Å². The Kier molecular flexibility index (Phi) is 3.03. The van der Waals surface area contributed by atoms with Gasteiger partial charge in [-0.25, -0.2) is 0 Å². The van der Waals surface area contributed by atoms with Crippen molar-refractivity contribution in [2.45, 2.75) is 13.5 Å². The molecule has 0 bridgehead atoms. The van der Waals surface area contributed by atoms with Crippen LogP contribution in [0.4, 0.5) is 5.69 Å². The lowest BCUT2D eigenvalue weighted by Crippen LogP contribution is -2.06. The van der Waals surface area contributed by atoms with E-state index in [4.69, 9.17) is 0 Å². The molecular formula is C17H16N2O. The molecular weight excluding hydrogens is 248 g/mol. The number of rotatable bonds is 3. The largest absolute Gasteiger partial charge is 0.341 e. The van der Waals surface area contributed by atoms with E-state index in [0.29, 0.717) is 0 Å². The van der Waals surface area contributed by atoms with Gasteiger partial charge in [-0.2, -0.15) is 0 Å². The average Bonchev–Trinajstić information content (AvgIpc) is 2.80. The monoisotopic (exact) mass is 264 g/mol. The van der Waals surface area contributed by atoms with Crippen molar-refractivity contribution in [1.82, 2.24) is 4.57 Å². The molecule has 3 nitrogen and oxygen atoms in total. The van der Waals surface area contributed by atoms with Gasteiger partial charge < -0.3 is 9.88 Å². The average molecular weight is 264 g/mol. The first-order valence-electron chi connectivity index (χ1n) is 6.69. The zero-order chi connectivity index (χ0) is 14.1. The topological polar surface area (TPSA) is 34.0 Å². The van der Waals surface area contributed by atoms with Crippen LogP contribution in [-0.2, 0) is 11.3 Å². The number of fused-ring (bicyclic) bond motifs is 3. The zero-order valence-corrected chi connectivity index (χ0v) is 11.4. The summed E-state index contributed by atoms with van der Waals surface area (Å²) >= 11 is 0. The van der Waals surface area contributed by atoms with E-state index in [1.165, 1.54) is 22.5 Å². The molecule has 0 saturated heterocycles. The van der Waals surface area contributed by atoms with Crippen molar-refractivity contribution in [2.24, 2.45) is 0 Å². The molecule has 0 aliphatic rings. The maximum Gasteiger partial charge on any atom is 0.247 e. The molecule has 0 aliphatic heterocycles. The van der Waals surface area contributed by atoms with Gasteiger partial charge >= 0.3 is 0 Å². The molecule has 1 amide bonds. The Labute approximate surface area is 117 Å². The zero-order valence-electron chi connectivity index (χ0n) is 11.4. The van der Waals surface area contributed by atoms with Crippen LogP contribution in [0.15, 0.2) is 55.1 Å². The molecule has 2 aromatic carbocycles. The number of aryl methyl sites for hydroxylation is 1.